The molecule has 0 bridgehead atoms. The number of fused-ring (bicyclic) bond motifs is 2. The van der Waals surface area contributed by atoms with Crippen molar-refractivity contribution in [2.75, 3.05) is 19.7 Å². The zero-order valence-corrected chi connectivity index (χ0v) is 21.3. The first-order chi connectivity index (χ1) is 17.4. The number of aliphatic hydroxyl groups is 1. The standard InChI is InChI=1S/C27H30ClN5O3/c1-3-7-32(8-4-2)26(35)19-12-22-23(28)13-18(14-24(22)31-25(29)15-19)17-5-6-21-20(11-17)16-30-33(9-10-34)27(21)36/h5-6,11-14,16,34H,3-4,7-10,15H2,1-2H3,(H2,29,31). The number of hydrogen-bond acceptors (Lipinski definition) is 6. The summed E-state index contributed by atoms with van der Waals surface area (Å²) in [6.07, 6.45) is 5.42. The molecule has 1 aliphatic heterocycles. The summed E-state index contributed by atoms with van der Waals surface area (Å²) in [4.78, 5) is 32.3. The van der Waals surface area contributed by atoms with E-state index in [1.54, 1.807) is 18.3 Å². The first-order valence-electron chi connectivity index (χ1n) is 12.1. The van der Waals surface area contributed by atoms with Crippen molar-refractivity contribution >= 4 is 45.9 Å². The number of amides is 1. The van der Waals surface area contributed by atoms with Crippen molar-refractivity contribution in [2.24, 2.45) is 10.7 Å². The van der Waals surface area contributed by atoms with E-state index in [2.05, 4.69) is 23.9 Å². The Kier molecular flexibility index (Phi) is 7.86. The molecule has 3 N–H and O–H groups in total. The lowest BCUT2D eigenvalue weighted by molar-refractivity contribution is -0.127. The maximum atomic E-state index is 13.3. The van der Waals surface area contributed by atoms with Crippen molar-refractivity contribution in [2.45, 2.75) is 39.7 Å². The van der Waals surface area contributed by atoms with Crippen molar-refractivity contribution < 1.29 is 9.90 Å². The van der Waals surface area contributed by atoms with E-state index in [0.29, 0.717) is 51.5 Å². The lowest BCUT2D eigenvalue weighted by Crippen LogP contribution is -2.34. The Hall–Kier alpha value is -3.49. The van der Waals surface area contributed by atoms with Crippen LogP contribution in [0.4, 0.5) is 5.69 Å². The van der Waals surface area contributed by atoms with Gasteiger partial charge in [0.2, 0.25) is 5.91 Å². The Bertz CT molecular complexity index is 1420. The van der Waals surface area contributed by atoms with Gasteiger partial charge in [-0.15, -0.1) is 0 Å². The summed E-state index contributed by atoms with van der Waals surface area (Å²) < 4.78 is 1.24. The summed E-state index contributed by atoms with van der Waals surface area (Å²) >= 11 is 6.72. The molecule has 1 amide bonds. The molecule has 2 heterocycles. The number of amidine groups is 1. The van der Waals surface area contributed by atoms with Crippen LogP contribution in [0.15, 0.2) is 51.9 Å². The number of carbonyl (C=O) groups is 1. The number of carbonyl (C=O) groups excluding carboxylic acids is 1. The minimum absolute atomic E-state index is 0.0428. The van der Waals surface area contributed by atoms with Crippen molar-refractivity contribution in [1.29, 1.82) is 0 Å². The first-order valence-corrected chi connectivity index (χ1v) is 12.5. The number of aliphatic imine (C=N–C) groups is 1. The molecule has 36 heavy (non-hydrogen) atoms. The van der Waals surface area contributed by atoms with Gasteiger partial charge in [0.15, 0.2) is 0 Å². The van der Waals surface area contributed by atoms with E-state index in [0.717, 1.165) is 24.0 Å². The van der Waals surface area contributed by atoms with Gasteiger partial charge in [0, 0.05) is 36.0 Å². The highest BCUT2D eigenvalue weighted by atomic mass is 35.5. The van der Waals surface area contributed by atoms with Crippen molar-refractivity contribution in [3.05, 3.63) is 63.0 Å². The maximum absolute atomic E-state index is 13.3. The fraction of sp³-hybridized carbons (Fsp3) is 0.333. The molecule has 3 aromatic rings. The van der Waals surface area contributed by atoms with Gasteiger partial charge in [-0.05, 0) is 54.3 Å². The number of aliphatic hydroxyl groups excluding tert-OH is 1. The molecule has 0 atom stereocenters. The number of nitrogens with two attached hydrogens (primary N) is 1. The van der Waals surface area contributed by atoms with Crippen LogP contribution < -0.4 is 11.3 Å². The van der Waals surface area contributed by atoms with Gasteiger partial charge < -0.3 is 15.7 Å². The van der Waals surface area contributed by atoms with Gasteiger partial charge in [-0.2, -0.15) is 5.10 Å². The monoisotopic (exact) mass is 507 g/mol. The smallest absolute Gasteiger partial charge is 0.274 e. The van der Waals surface area contributed by atoms with Crippen LogP contribution in [0, 0.1) is 0 Å². The largest absolute Gasteiger partial charge is 0.394 e. The van der Waals surface area contributed by atoms with E-state index in [9.17, 15) is 9.59 Å². The lowest BCUT2D eigenvalue weighted by Gasteiger charge is -2.22. The molecule has 4 rings (SSSR count). The quantitative estimate of drug-likeness (QED) is 0.475. The molecule has 8 nitrogen and oxygen atoms in total. The predicted molar refractivity (Wildman–Crippen MR) is 145 cm³/mol. The number of nitrogens with zero attached hydrogens (tertiary/aromatic N) is 4. The summed E-state index contributed by atoms with van der Waals surface area (Å²) in [5.41, 5.74) is 9.43. The van der Waals surface area contributed by atoms with E-state index < -0.39 is 0 Å². The van der Waals surface area contributed by atoms with E-state index in [1.807, 2.05) is 29.2 Å². The van der Waals surface area contributed by atoms with Crippen LogP contribution in [0.5, 0.6) is 0 Å². The summed E-state index contributed by atoms with van der Waals surface area (Å²) in [5.74, 6) is 0.306. The lowest BCUT2D eigenvalue weighted by atomic mass is 9.99. The zero-order chi connectivity index (χ0) is 25.8. The highest BCUT2D eigenvalue weighted by molar-refractivity contribution is 6.33. The molecule has 0 spiro atoms. The zero-order valence-electron chi connectivity index (χ0n) is 20.5. The third-order valence-electron chi connectivity index (χ3n) is 6.11. The summed E-state index contributed by atoms with van der Waals surface area (Å²) in [6, 6.07) is 9.16. The highest BCUT2D eigenvalue weighted by Gasteiger charge is 2.22. The van der Waals surface area contributed by atoms with Crippen LogP contribution in [0.1, 0.15) is 38.7 Å². The van der Waals surface area contributed by atoms with E-state index in [1.165, 1.54) is 4.68 Å². The molecule has 0 aliphatic carbocycles. The fourth-order valence-corrected chi connectivity index (χ4v) is 4.71. The molecule has 0 radical (unpaired) electrons. The normalized spacial score (nSPS) is 13.1. The van der Waals surface area contributed by atoms with Gasteiger partial charge in [0.1, 0.15) is 5.84 Å². The van der Waals surface area contributed by atoms with Crippen molar-refractivity contribution in [3.8, 4) is 11.1 Å². The molecule has 0 unspecified atom stereocenters. The Morgan fingerprint density at radius 1 is 1.17 bits per heavy atom. The molecule has 0 saturated heterocycles. The number of aromatic nitrogens is 2. The van der Waals surface area contributed by atoms with Crippen LogP contribution in [0.25, 0.3) is 28.0 Å². The van der Waals surface area contributed by atoms with Gasteiger partial charge in [0.25, 0.3) is 5.56 Å². The molecule has 188 valence electrons. The van der Waals surface area contributed by atoms with Gasteiger partial charge in [-0.1, -0.05) is 31.5 Å². The Labute approximate surface area is 214 Å². The molecule has 1 aliphatic rings. The van der Waals surface area contributed by atoms with E-state index in [4.69, 9.17) is 22.4 Å². The predicted octanol–water partition coefficient (Wildman–Crippen LogP) is 4.13. The molecule has 0 saturated carbocycles. The second kappa shape index (κ2) is 11.1. The van der Waals surface area contributed by atoms with Crippen molar-refractivity contribution in [3.63, 3.8) is 0 Å². The topological polar surface area (TPSA) is 114 Å². The molecule has 9 heteroatoms. The molecule has 2 aromatic carbocycles. The summed E-state index contributed by atoms with van der Waals surface area (Å²) in [5, 5.41) is 14.9. The van der Waals surface area contributed by atoms with Crippen LogP contribution in [-0.4, -0.2) is 51.2 Å². The Balaban J connectivity index is 1.75. The minimum atomic E-state index is -0.257. The summed E-state index contributed by atoms with van der Waals surface area (Å²) in [7, 11) is 0. The Morgan fingerprint density at radius 2 is 1.92 bits per heavy atom. The van der Waals surface area contributed by atoms with Crippen LogP contribution in [0.3, 0.4) is 0 Å². The fourth-order valence-electron chi connectivity index (χ4n) is 4.44. The molecular weight excluding hydrogens is 478 g/mol. The third kappa shape index (κ3) is 5.20. The van der Waals surface area contributed by atoms with Crippen LogP contribution >= 0.6 is 11.6 Å². The number of hydrogen-bond donors (Lipinski definition) is 2. The highest BCUT2D eigenvalue weighted by Crippen LogP contribution is 2.37. The average Bonchev–Trinajstić information content (AvgIpc) is 3.03. The summed E-state index contributed by atoms with van der Waals surface area (Å²) in [6.45, 7) is 5.45. The average molecular weight is 508 g/mol. The van der Waals surface area contributed by atoms with Crippen molar-refractivity contribution in [1.82, 2.24) is 14.7 Å². The minimum Gasteiger partial charge on any atom is -0.394 e. The van der Waals surface area contributed by atoms with Gasteiger partial charge in [-0.3, -0.25) is 9.59 Å². The SMILES string of the molecule is CCCN(CCC)C(=O)C1=Cc2c(Cl)cc(-c3ccc4c(=O)n(CCO)ncc4c3)cc2N=C(N)C1. The molecule has 1 aromatic heterocycles. The third-order valence-corrected chi connectivity index (χ3v) is 6.42. The van der Waals surface area contributed by atoms with E-state index >= 15 is 0 Å². The van der Waals surface area contributed by atoms with Gasteiger partial charge in [0.05, 0.1) is 35.4 Å². The van der Waals surface area contributed by atoms with Gasteiger partial charge in [-0.25, -0.2) is 9.67 Å². The number of halogens is 1. The molecular formula is C27H30ClN5O3. The van der Waals surface area contributed by atoms with Crippen LogP contribution in [-0.2, 0) is 11.3 Å². The van der Waals surface area contributed by atoms with Gasteiger partial charge >= 0.3 is 0 Å². The number of rotatable bonds is 8. The molecule has 0 fully saturated rings. The number of benzene rings is 2. The second-order valence-electron chi connectivity index (χ2n) is 8.83. The maximum Gasteiger partial charge on any atom is 0.274 e. The Morgan fingerprint density at radius 3 is 2.61 bits per heavy atom. The van der Waals surface area contributed by atoms with Crippen LogP contribution in [0.2, 0.25) is 5.02 Å². The van der Waals surface area contributed by atoms with E-state index in [-0.39, 0.29) is 31.0 Å². The first kappa shape index (κ1) is 25.6. The second-order valence-corrected chi connectivity index (χ2v) is 9.24.